The standard InChI is InChI=1S/C40H46N4O12S/c1-4-28-12-14-29(15-13-28)22-42(23-31-10-7-8-16-43(31)39(48)53-24-32-19-30-9-5-6-11-35(30)57(32,50)51)17-18-52-40(49)54-25-34-33(55-27(3)45)20-36(56-34)44-21-26(2)37(46)41-38(44)47/h1,5-6,9,11-15,19,21,31,33-34,36,50-51H,7-8,10,16-18,20,22-25H2,2-3H3,(H,41,46,47)/t31?,33-,34+,36+/m0/s1. The van der Waals surface area contributed by atoms with Crippen molar-refractivity contribution in [1.82, 2.24) is 19.4 Å². The third kappa shape index (κ3) is 10.1. The molecule has 3 N–H and O–H groups in total. The maximum Gasteiger partial charge on any atom is 0.508 e. The van der Waals surface area contributed by atoms with E-state index in [2.05, 4.69) is 10.9 Å². The maximum atomic E-state index is 13.5. The summed E-state index contributed by atoms with van der Waals surface area (Å²) in [7, 11) is -3.25. The van der Waals surface area contributed by atoms with E-state index in [4.69, 9.17) is 30.1 Å². The average Bonchev–Trinajstić information content (AvgIpc) is 3.70. The van der Waals surface area contributed by atoms with E-state index in [9.17, 15) is 33.1 Å². The number of carbonyl (C=O) groups is 3. The van der Waals surface area contributed by atoms with Crippen molar-refractivity contribution in [2.24, 2.45) is 0 Å². The van der Waals surface area contributed by atoms with Crippen molar-refractivity contribution in [3.8, 4) is 12.3 Å². The number of aryl methyl sites for hydroxylation is 1. The van der Waals surface area contributed by atoms with E-state index in [-0.39, 0.29) is 49.3 Å². The molecule has 3 aliphatic heterocycles. The van der Waals surface area contributed by atoms with Crippen molar-refractivity contribution in [3.05, 3.63) is 103 Å². The smallest absolute Gasteiger partial charge is 0.459 e. The number of benzene rings is 2. The van der Waals surface area contributed by atoms with Gasteiger partial charge in [0.15, 0.2) is 0 Å². The van der Waals surface area contributed by atoms with Crippen molar-refractivity contribution in [1.29, 1.82) is 0 Å². The van der Waals surface area contributed by atoms with E-state index in [0.717, 1.165) is 24.0 Å². The van der Waals surface area contributed by atoms with Crippen LogP contribution in [0.25, 0.3) is 6.08 Å². The number of terminal acetylenes is 1. The predicted molar refractivity (Wildman–Crippen MR) is 208 cm³/mol. The van der Waals surface area contributed by atoms with Crippen molar-refractivity contribution >= 4 is 34.9 Å². The molecule has 3 aromatic rings. The zero-order valence-corrected chi connectivity index (χ0v) is 32.5. The van der Waals surface area contributed by atoms with Crippen molar-refractivity contribution < 1.29 is 47.2 Å². The van der Waals surface area contributed by atoms with Crippen LogP contribution in [0.5, 0.6) is 0 Å². The lowest BCUT2D eigenvalue weighted by atomic mass is 10.0. The van der Waals surface area contributed by atoms with Gasteiger partial charge < -0.3 is 28.6 Å². The van der Waals surface area contributed by atoms with E-state index in [1.165, 1.54) is 24.6 Å². The van der Waals surface area contributed by atoms with E-state index in [1.807, 2.05) is 29.2 Å². The van der Waals surface area contributed by atoms with Gasteiger partial charge in [-0.1, -0.05) is 36.3 Å². The average molecular weight is 807 g/mol. The Morgan fingerprint density at radius 1 is 1.07 bits per heavy atom. The summed E-state index contributed by atoms with van der Waals surface area (Å²) in [6, 6.07) is 14.2. The molecule has 2 saturated heterocycles. The molecule has 0 radical (unpaired) electrons. The van der Waals surface area contributed by atoms with Crippen LogP contribution in [0.4, 0.5) is 9.59 Å². The van der Waals surface area contributed by atoms with Gasteiger partial charge in [-0.25, -0.2) is 14.4 Å². The Labute approximate surface area is 330 Å². The normalized spacial score (nSPS) is 21.5. The monoisotopic (exact) mass is 806 g/mol. The number of likely N-dealkylation sites (tertiary alicyclic amines) is 1. The zero-order chi connectivity index (χ0) is 40.7. The van der Waals surface area contributed by atoms with Gasteiger partial charge in [0, 0.05) is 62.9 Å². The molecular weight excluding hydrogens is 761 g/mol. The van der Waals surface area contributed by atoms with Crippen LogP contribution in [0.1, 0.15) is 61.1 Å². The number of aromatic amines is 1. The predicted octanol–water partition coefficient (Wildman–Crippen LogP) is 4.86. The van der Waals surface area contributed by atoms with E-state index < -0.39 is 58.5 Å². The van der Waals surface area contributed by atoms with Gasteiger partial charge >= 0.3 is 23.9 Å². The Balaban J connectivity index is 1.06. The highest BCUT2D eigenvalue weighted by Gasteiger charge is 2.40. The number of esters is 1. The van der Waals surface area contributed by atoms with Crippen LogP contribution in [0.15, 0.2) is 74.1 Å². The van der Waals surface area contributed by atoms with Crippen molar-refractivity contribution in [2.45, 2.75) is 75.4 Å². The number of hydrogen-bond acceptors (Lipinski definition) is 13. The molecule has 2 aromatic carbocycles. The summed E-state index contributed by atoms with van der Waals surface area (Å²) < 4.78 is 50.7. The van der Waals surface area contributed by atoms with Gasteiger partial charge in [0.2, 0.25) is 0 Å². The highest BCUT2D eigenvalue weighted by Crippen LogP contribution is 2.61. The second-order valence-corrected chi connectivity index (χ2v) is 16.1. The zero-order valence-electron chi connectivity index (χ0n) is 31.7. The van der Waals surface area contributed by atoms with Crippen molar-refractivity contribution in [3.63, 3.8) is 0 Å². The minimum Gasteiger partial charge on any atom is -0.459 e. The van der Waals surface area contributed by atoms with Crippen LogP contribution < -0.4 is 11.2 Å². The summed E-state index contributed by atoms with van der Waals surface area (Å²) in [6.07, 6.45) is 6.79. The lowest BCUT2D eigenvalue weighted by Crippen LogP contribution is -2.50. The fourth-order valence-corrected chi connectivity index (χ4v) is 8.65. The number of hydrogen-bond donors (Lipinski definition) is 3. The topological polar surface area (TPSA) is 199 Å². The van der Waals surface area contributed by atoms with E-state index >= 15 is 0 Å². The number of aromatic nitrogens is 2. The van der Waals surface area contributed by atoms with Crippen LogP contribution in [-0.4, -0.2) is 104 Å². The van der Waals surface area contributed by atoms with Gasteiger partial charge in [-0.05, 0) is 61.6 Å². The Kier molecular flexibility index (Phi) is 13.2. The number of nitrogens with zero attached hydrogens (tertiary/aromatic N) is 3. The first kappa shape index (κ1) is 41.3. The first-order valence-electron chi connectivity index (χ1n) is 18.6. The molecule has 0 aliphatic carbocycles. The molecule has 1 amide bonds. The van der Waals surface area contributed by atoms with Gasteiger partial charge in [-0.3, -0.25) is 33.1 Å². The Hall–Kier alpha value is -5.38. The number of fused-ring (bicyclic) bond motifs is 1. The lowest BCUT2D eigenvalue weighted by molar-refractivity contribution is -0.150. The molecule has 1 aromatic heterocycles. The fourth-order valence-electron chi connectivity index (χ4n) is 7.13. The number of H-pyrrole nitrogens is 1. The molecule has 57 heavy (non-hydrogen) atoms. The molecule has 4 heterocycles. The largest absolute Gasteiger partial charge is 0.508 e. The van der Waals surface area contributed by atoms with E-state index in [0.29, 0.717) is 36.5 Å². The second-order valence-electron chi connectivity index (χ2n) is 14.1. The molecule has 16 nitrogen and oxygen atoms in total. The summed E-state index contributed by atoms with van der Waals surface area (Å²) in [6.45, 7) is 3.68. The number of amides is 1. The van der Waals surface area contributed by atoms with Crippen molar-refractivity contribution in [2.75, 3.05) is 39.5 Å². The van der Waals surface area contributed by atoms with Gasteiger partial charge in [0.05, 0.1) is 9.80 Å². The number of ether oxygens (including phenoxy) is 5. The van der Waals surface area contributed by atoms with Gasteiger partial charge in [0.25, 0.3) is 5.56 Å². The lowest BCUT2D eigenvalue weighted by Gasteiger charge is -2.38. The molecule has 2 fully saturated rings. The quantitative estimate of drug-likeness (QED) is 0.120. The third-order valence-corrected chi connectivity index (χ3v) is 12.0. The Morgan fingerprint density at radius 2 is 1.84 bits per heavy atom. The second kappa shape index (κ2) is 18.3. The van der Waals surface area contributed by atoms with Crippen LogP contribution in [0.2, 0.25) is 0 Å². The van der Waals surface area contributed by atoms with Gasteiger partial charge in [-0.2, -0.15) is 0 Å². The fraction of sp³-hybridized carbons (Fsp3) is 0.425. The molecule has 1 unspecified atom stereocenters. The summed E-state index contributed by atoms with van der Waals surface area (Å²) >= 11 is 0. The minimum absolute atomic E-state index is 0.0708. The molecule has 6 rings (SSSR count). The molecule has 0 saturated carbocycles. The van der Waals surface area contributed by atoms with Gasteiger partial charge in [-0.15, -0.1) is 17.0 Å². The molecule has 0 bridgehead atoms. The summed E-state index contributed by atoms with van der Waals surface area (Å²) in [5.74, 6) is 2.02. The number of piperidine rings is 1. The highest BCUT2D eigenvalue weighted by molar-refractivity contribution is 8.28. The summed E-state index contributed by atoms with van der Waals surface area (Å²) in [4.78, 5) is 69.0. The molecule has 17 heteroatoms. The van der Waals surface area contributed by atoms with Gasteiger partial charge in [0.1, 0.15) is 38.3 Å². The Bertz CT molecular complexity index is 2140. The first-order valence-corrected chi connectivity index (χ1v) is 20.1. The van der Waals surface area contributed by atoms with Crippen LogP contribution in [0, 0.1) is 19.3 Å². The molecular formula is C40H46N4O12S. The van der Waals surface area contributed by atoms with Crippen LogP contribution in [-0.2, 0) is 35.0 Å². The van der Waals surface area contributed by atoms with E-state index in [1.54, 1.807) is 35.2 Å². The van der Waals surface area contributed by atoms with Crippen LogP contribution >= 0.6 is 10.6 Å². The maximum absolute atomic E-state index is 13.5. The molecule has 0 spiro atoms. The number of carbonyl (C=O) groups excluding carboxylic acids is 3. The number of nitrogens with one attached hydrogen (secondary N) is 1. The minimum atomic E-state index is -3.25. The molecule has 3 aliphatic rings. The Morgan fingerprint density at radius 3 is 2.58 bits per heavy atom. The van der Waals surface area contributed by atoms with Crippen LogP contribution in [0.3, 0.4) is 0 Å². The third-order valence-electron chi connectivity index (χ3n) is 10.0. The first-order chi connectivity index (χ1) is 27.3. The molecule has 304 valence electrons. The summed E-state index contributed by atoms with van der Waals surface area (Å²) in [5, 5.41) is 0. The molecule has 4 atom stereocenters. The highest BCUT2D eigenvalue weighted by atomic mass is 32.3. The number of rotatable bonds is 13. The summed E-state index contributed by atoms with van der Waals surface area (Å²) in [5.41, 5.74) is 1.40. The SMILES string of the molecule is C#Cc1ccc(CN(CCOC(=O)OC[C@H]2O[C@@H](n3cc(C)c(=O)[nH]c3=O)C[C@@H]2OC(C)=O)CC2CCCCN2C(=O)OCC2=Cc3ccccc3S2(O)O)cc1.